The molecule has 4 amide bonds. The second kappa shape index (κ2) is 9.20. The Hall–Kier alpha value is -3.35. The van der Waals surface area contributed by atoms with Crippen molar-refractivity contribution in [2.75, 3.05) is 28.2 Å². The Kier molecular flexibility index (Phi) is 6.63. The van der Waals surface area contributed by atoms with Gasteiger partial charge in [0, 0.05) is 29.6 Å². The van der Waals surface area contributed by atoms with Gasteiger partial charge in [-0.3, -0.25) is 19.4 Å². The third kappa shape index (κ3) is 4.71. The van der Waals surface area contributed by atoms with Crippen LogP contribution in [0.3, 0.4) is 0 Å². The number of benzene rings is 2. The lowest BCUT2D eigenvalue weighted by molar-refractivity contribution is -0.130. The van der Waals surface area contributed by atoms with E-state index >= 15 is 0 Å². The van der Waals surface area contributed by atoms with Crippen molar-refractivity contribution in [3.05, 3.63) is 54.1 Å². The molecule has 1 saturated heterocycles. The maximum Gasteiger partial charge on any atom is 0.332 e. The predicted molar refractivity (Wildman–Crippen MR) is 123 cm³/mol. The number of urea groups is 1. The standard InChI is InChI=1S/C24H30N4O3/c1-6-26(16(2)3)20-13-9-19(10-14-20)25-22(29)15-27-23(30)18(5)28(24(27)31)21-11-7-17(4)8-12-21/h7-14,16,18H,6,15H2,1-5H3,(H,25,29). The van der Waals surface area contributed by atoms with Gasteiger partial charge in [-0.15, -0.1) is 0 Å². The quantitative estimate of drug-likeness (QED) is 0.684. The summed E-state index contributed by atoms with van der Waals surface area (Å²) in [5.41, 5.74) is 3.40. The van der Waals surface area contributed by atoms with Gasteiger partial charge in [-0.05, 0) is 71.0 Å². The van der Waals surface area contributed by atoms with Crippen LogP contribution in [0.15, 0.2) is 48.5 Å². The van der Waals surface area contributed by atoms with E-state index in [-0.39, 0.29) is 12.5 Å². The summed E-state index contributed by atoms with van der Waals surface area (Å²) in [5, 5.41) is 2.78. The molecule has 7 heteroatoms. The molecular formula is C24H30N4O3. The first kappa shape index (κ1) is 22.3. The van der Waals surface area contributed by atoms with Crippen molar-refractivity contribution in [2.45, 2.75) is 46.7 Å². The van der Waals surface area contributed by atoms with Crippen LogP contribution in [-0.4, -0.2) is 47.9 Å². The van der Waals surface area contributed by atoms with Crippen molar-refractivity contribution in [2.24, 2.45) is 0 Å². The molecule has 1 unspecified atom stereocenters. The molecule has 0 radical (unpaired) electrons. The van der Waals surface area contributed by atoms with E-state index < -0.39 is 18.0 Å². The zero-order valence-corrected chi connectivity index (χ0v) is 18.8. The average molecular weight is 423 g/mol. The summed E-state index contributed by atoms with van der Waals surface area (Å²) in [5.74, 6) is -0.796. The SMILES string of the molecule is CCN(c1ccc(NC(=O)CN2C(=O)C(C)N(c3ccc(C)cc3)C2=O)cc1)C(C)C. The van der Waals surface area contributed by atoms with Crippen LogP contribution < -0.4 is 15.1 Å². The van der Waals surface area contributed by atoms with E-state index in [0.29, 0.717) is 17.4 Å². The van der Waals surface area contributed by atoms with E-state index in [9.17, 15) is 14.4 Å². The van der Waals surface area contributed by atoms with E-state index in [2.05, 4.69) is 31.0 Å². The van der Waals surface area contributed by atoms with Crippen LogP contribution in [0.2, 0.25) is 0 Å². The molecule has 0 spiro atoms. The van der Waals surface area contributed by atoms with Gasteiger partial charge in [0.05, 0.1) is 0 Å². The van der Waals surface area contributed by atoms with Crippen molar-refractivity contribution < 1.29 is 14.4 Å². The van der Waals surface area contributed by atoms with Gasteiger partial charge in [-0.2, -0.15) is 0 Å². The molecule has 0 bridgehead atoms. The smallest absolute Gasteiger partial charge is 0.332 e. The summed E-state index contributed by atoms with van der Waals surface area (Å²) >= 11 is 0. The molecule has 1 atom stereocenters. The molecule has 2 aromatic carbocycles. The fourth-order valence-corrected chi connectivity index (χ4v) is 3.84. The topological polar surface area (TPSA) is 73.0 Å². The third-order valence-corrected chi connectivity index (χ3v) is 5.51. The van der Waals surface area contributed by atoms with Gasteiger partial charge in [0.1, 0.15) is 12.6 Å². The monoisotopic (exact) mass is 422 g/mol. The van der Waals surface area contributed by atoms with Gasteiger partial charge >= 0.3 is 6.03 Å². The lowest BCUT2D eigenvalue weighted by Crippen LogP contribution is -2.39. The Balaban J connectivity index is 1.67. The van der Waals surface area contributed by atoms with Crippen molar-refractivity contribution in [1.82, 2.24) is 4.90 Å². The second-order valence-electron chi connectivity index (χ2n) is 8.06. The minimum atomic E-state index is -0.654. The first-order valence-electron chi connectivity index (χ1n) is 10.6. The summed E-state index contributed by atoms with van der Waals surface area (Å²) in [6, 6.07) is 14.2. The fourth-order valence-electron chi connectivity index (χ4n) is 3.84. The van der Waals surface area contributed by atoms with Crippen molar-refractivity contribution in [3.8, 4) is 0 Å². The maximum atomic E-state index is 12.9. The van der Waals surface area contributed by atoms with Crippen molar-refractivity contribution >= 4 is 34.9 Å². The van der Waals surface area contributed by atoms with Crippen LogP contribution >= 0.6 is 0 Å². The first-order valence-corrected chi connectivity index (χ1v) is 10.6. The van der Waals surface area contributed by atoms with Crippen LogP contribution in [-0.2, 0) is 9.59 Å². The van der Waals surface area contributed by atoms with Crippen LogP contribution in [0.1, 0.15) is 33.3 Å². The average Bonchev–Trinajstić information content (AvgIpc) is 2.93. The van der Waals surface area contributed by atoms with Gasteiger partial charge in [0.25, 0.3) is 5.91 Å². The van der Waals surface area contributed by atoms with E-state index in [1.54, 1.807) is 19.1 Å². The summed E-state index contributed by atoms with van der Waals surface area (Å²) < 4.78 is 0. The summed E-state index contributed by atoms with van der Waals surface area (Å²) in [6.45, 7) is 10.5. The molecule has 1 heterocycles. The van der Waals surface area contributed by atoms with E-state index in [0.717, 1.165) is 22.7 Å². The Morgan fingerprint density at radius 2 is 1.68 bits per heavy atom. The summed E-state index contributed by atoms with van der Waals surface area (Å²) in [4.78, 5) is 42.7. The molecule has 7 nitrogen and oxygen atoms in total. The molecular weight excluding hydrogens is 392 g/mol. The van der Waals surface area contributed by atoms with Crippen molar-refractivity contribution in [1.29, 1.82) is 0 Å². The van der Waals surface area contributed by atoms with Crippen molar-refractivity contribution in [3.63, 3.8) is 0 Å². The molecule has 1 fully saturated rings. The molecule has 1 aliphatic rings. The van der Waals surface area contributed by atoms with Gasteiger partial charge in [0.2, 0.25) is 5.91 Å². The number of anilines is 3. The number of hydrogen-bond donors (Lipinski definition) is 1. The molecule has 3 rings (SSSR count). The highest BCUT2D eigenvalue weighted by Crippen LogP contribution is 2.26. The number of nitrogens with one attached hydrogen (secondary N) is 1. The fraction of sp³-hybridized carbons (Fsp3) is 0.375. The highest BCUT2D eigenvalue weighted by atomic mass is 16.2. The number of imide groups is 1. The number of hydrogen-bond acceptors (Lipinski definition) is 4. The summed E-state index contributed by atoms with van der Waals surface area (Å²) in [6.07, 6.45) is 0. The van der Waals surface area contributed by atoms with Crippen LogP contribution in [0.4, 0.5) is 21.9 Å². The van der Waals surface area contributed by atoms with Gasteiger partial charge in [0.15, 0.2) is 0 Å². The zero-order valence-electron chi connectivity index (χ0n) is 18.8. The Labute approximate surface area is 183 Å². The first-order chi connectivity index (χ1) is 14.7. The summed E-state index contributed by atoms with van der Waals surface area (Å²) in [7, 11) is 0. The van der Waals surface area contributed by atoms with Gasteiger partial charge < -0.3 is 10.2 Å². The molecule has 1 N–H and O–H groups in total. The van der Waals surface area contributed by atoms with Gasteiger partial charge in [-0.25, -0.2) is 4.79 Å². The Morgan fingerprint density at radius 1 is 1.06 bits per heavy atom. The molecule has 0 aliphatic carbocycles. The van der Waals surface area contributed by atoms with E-state index in [4.69, 9.17) is 0 Å². The van der Waals surface area contributed by atoms with E-state index in [1.807, 2.05) is 43.3 Å². The molecule has 164 valence electrons. The largest absolute Gasteiger partial charge is 0.369 e. The maximum absolute atomic E-state index is 12.9. The normalized spacial score (nSPS) is 16.3. The Morgan fingerprint density at radius 3 is 2.23 bits per heavy atom. The van der Waals surface area contributed by atoms with Gasteiger partial charge in [-0.1, -0.05) is 17.7 Å². The third-order valence-electron chi connectivity index (χ3n) is 5.51. The molecule has 0 aromatic heterocycles. The molecule has 1 aliphatic heterocycles. The minimum Gasteiger partial charge on any atom is -0.369 e. The van der Waals surface area contributed by atoms with Crippen LogP contribution in [0.25, 0.3) is 0 Å². The highest BCUT2D eigenvalue weighted by molar-refractivity contribution is 6.16. The molecule has 0 saturated carbocycles. The highest BCUT2D eigenvalue weighted by Gasteiger charge is 2.44. The number of carbonyl (C=O) groups excluding carboxylic acids is 3. The lowest BCUT2D eigenvalue weighted by atomic mass is 10.2. The lowest BCUT2D eigenvalue weighted by Gasteiger charge is -2.27. The predicted octanol–water partition coefficient (Wildman–Crippen LogP) is 4.03. The molecule has 31 heavy (non-hydrogen) atoms. The number of amides is 4. The Bertz CT molecular complexity index is 954. The number of rotatable bonds is 7. The van der Waals surface area contributed by atoms with E-state index in [1.165, 1.54) is 4.90 Å². The van der Waals surface area contributed by atoms with Crippen LogP contribution in [0.5, 0.6) is 0 Å². The molecule has 2 aromatic rings. The minimum absolute atomic E-state index is 0.320. The second-order valence-corrected chi connectivity index (χ2v) is 8.06. The number of carbonyl (C=O) groups is 3. The van der Waals surface area contributed by atoms with Crippen LogP contribution in [0, 0.1) is 6.92 Å². The zero-order chi connectivity index (χ0) is 22.7. The number of aryl methyl sites for hydroxylation is 1. The number of nitrogens with zero attached hydrogens (tertiary/aromatic N) is 3.